The molecule has 21 heavy (non-hydrogen) atoms. The van der Waals surface area contributed by atoms with Crippen molar-refractivity contribution >= 4 is 28.8 Å². The average Bonchev–Trinajstić information content (AvgIpc) is 3.14. The molecule has 4 rings (SSSR count). The first kappa shape index (κ1) is 13.2. The number of carbonyl (C=O) groups excluding carboxylic acids is 1. The lowest BCUT2D eigenvalue weighted by molar-refractivity contribution is -0.0604. The summed E-state index contributed by atoms with van der Waals surface area (Å²) in [7, 11) is 0. The summed E-state index contributed by atoms with van der Waals surface area (Å²) < 4.78 is 8.38. The molecular formula is C13H13ClN4O2S. The molecule has 0 aliphatic carbocycles. The van der Waals surface area contributed by atoms with E-state index in [1.165, 1.54) is 11.3 Å². The summed E-state index contributed by atoms with van der Waals surface area (Å²) >= 11 is 7.23. The fourth-order valence-corrected chi connectivity index (χ4v) is 3.96. The summed E-state index contributed by atoms with van der Waals surface area (Å²) in [5.74, 6) is 0.0255. The number of nitrogens with zero attached hydrogens (tertiary/aromatic N) is 4. The van der Waals surface area contributed by atoms with Gasteiger partial charge in [0.25, 0.3) is 5.91 Å². The molecule has 2 atom stereocenters. The Morgan fingerprint density at radius 1 is 1.48 bits per heavy atom. The average molecular weight is 325 g/mol. The van der Waals surface area contributed by atoms with Crippen LogP contribution in [0.1, 0.15) is 27.8 Å². The van der Waals surface area contributed by atoms with Gasteiger partial charge in [-0.05, 0) is 18.6 Å². The molecule has 0 unspecified atom stereocenters. The zero-order valence-electron chi connectivity index (χ0n) is 11.1. The van der Waals surface area contributed by atoms with Gasteiger partial charge in [-0.1, -0.05) is 16.8 Å². The van der Waals surface area contributed by atoms with Crippen LogP contribution < -0.4 is 0 Å². The zero-order chi connectivity index (χ0) is 14.4. The Labute approximate surface area is 130 Å². The molecule has 4 heterocycles. The van der Waals surface area contributed by atoms with Crippen molar-refractivity contribution in [1.82, 2.24) is 19.9 Å². The number of amides is 1. The van der Waals surface area contributed by atoms with Crippen LogP contribution in [0.4, 0.5) is 0 Å². The van der Waals surface area contributed by atoms with Gasteiger partial charge in [0, 0.05) is 13.1 Å². The third-order valence-electron chi connectivity index (χ3n) is 4.00. The van der Waals surface area contributed by atoms with E-state index >= 15 is 0 Å². The minimum Gasteiger partial charge on any atom is -0.370 e. The highest BCUT2D eigenvalue weighted by atomic mass is 35.5. The van der Waals surface area contributed by atoms with Crippen LogP contribution in [0, 0.1) is 0 Å². The number of ether oxygens (including phenoxy) is 1. The van der Waals surface area contributed by atoms with Crippen molar-refractivity contribution in [2.45, 2.75) is 25.2 Å². The molecule has 2 aliphatic rings. The standard InChI is InChI=1S/C13H13ClN4O2S/c14-12-2-1-11(21-12)13(19)17-4-3-10-9(6-17)18-8(7-20-10)5-15-16-18/h1-2,5,9-10H,3-4,6-7H2/t9-,10-/m1/s1. The molecule has 0 spiro atoms. The van der Waals surface area contributed by atoms with Crippen molar-refractivity contribution in [2.24, 2.45) is 0 Å². The fourth-order valence-electron chi connectivity index (χ4n) is 2.95. The first-order chi connectivity index (χ1) is 10.2. The van der Waals surface area contributed by atoms with Gasteiger partial charge >= 0.3 is 0 Å². The molecule has 1 amide bonds. The van der Waals surface area contributed by atoms with Gasteiger partial charge < -0.3 is 9.64 Å². The molecule has 0 saturated carbocycles. The number of hydrogen-bond donors (Lipinski definition) is 0. The summed E-state index contributed by atoms with van der Waals surface area (Å²) in [6, 6.07) is 3.58. The van der Waals surface area contributed by atoms with E-state index in [-0.39, 0.29) is 18.1 Å². The Hall–Kier alpha value is -1.44. The Morgan fingerprint density at radius 2 is 2.38 bits per heavy atom. The number of fused-ring (bicyclic) bond motifs is 3. The Morgan fingerprint density at radius 3 is 3.19 bits per heavy atom. The van der Waals surface area contributed by atoms with E-state index in [0.717, 1.165) is 12.1 Å². The van der Waals surface area contributed by atoms with Gasteiger partial charge in [-0.15, -0.1) is 16.4 Å². The molecule has 1 saturated heterocycles. The van der Waals surface area contributed by atoms with Crippen LogP contribution in [-0.4, -0.2) is 45.0 Å². The molecule has 0 N–H and O–H groups in total. The van der Waals surface area contributed by atoms with Crippen molar-refractivity contribution in [3.05, 3.63) is 33.2 Å². The lowest BCUT2D eigenvalue weighted by Crippen LogP contribution is -2.49. The van der Waals surface area contributed by atoms with Crippen LogP contribution in [0.2, 0.25) is 4.34 Å². The fraction of sp³-hybridized carbons (Fsp3) is 0.462. The Balaban J connectivity index is 1.57. The van der Waals surface area contributed by atoms with E-state index in [9.17, 15) is 4.79 Å². The van der Waals surface area contributed by atoms with E-state index in [1.807, 2.05) is 9.58 Å². The molecule has 6 nitrogen and oxygen atoms in total. The van der Waals surface area contributed by atoms with Crippen LogP contribution >= 0.6 is 22.9 Å². The highest BCUT2D eigenvalue weighted by Gasteiger charge is 2.38. The van der Waals surface area contributed by atoms with E-state index in [4.69, 9.17) is 16.3 Å². The number of piperidine rings is 1. The number of thiophene rings is 1. The molecule has 0 aromatic carbocycles. The van der Waals surface area contributed by atoms with Crippen LogP contribution in [-0.2, 0) is 11.3 Å². The Kier molecular flexibility index (Phi) is 3.20. The van der Waals surface area contributed by atoms with Crippen molar-refractivity contribution in [3.8, 4) is 0 Å². The maximum atomic E-state index is 12.5. The van der Waals surface area contributed by atoms with Crippen LogP contribution in [0.5, 0.6) is 0 Å². The molecule has 1 fully saturated rings. The largest absolute Gasteiger partial charge is 0.370 e. The lowest BCUT2D eigenvalue weighted by Gasteiger charge is -2.40. The molecule has 0 radical (unpaired) electrons. The van der Waals surface area contributed by atoms with Gasteiger partial charge in [-0.3, -0.25) is 4.79 Å². The molecule has 8 heteroatoms. The second-order valence-corrected chi connectivity index (χ2v) is 6.95. The SMILES string of the molecule is O=C(c1ccc(Cl)s1)N1CC[C@H]2OCc3cnnn3[C@@H]2C1. The maximum absolute atomic E-state index is 12.5. The smallest absolute Gasteiger partial charge is 0.264 e. The maximum Gasteiger partial charge on any atom is 0.264 e. The molecule has 2 aromatic heterocycles. The number of rotatable bonds is 1. The van der Waals surface area contributed by atoms with E-state index in [1.54, 1.807) is 18.3 Å². The molecule has 110 valence electrons. The van der Waals surface area contributed by atoms with Gasteiger partial charge in [0.15, 0.2) is 0 Å². The second-order valence-electron chi connectivity index (χ2n) is 5.23. The van der Waals surface area contributed by atoms with Crippen molar-refractivity contribution in [3.63, 3.8) is 0 Å². The van der Waals surface area contributed by atoms with Gasteiger partial charge in [0.2, 0.25) is 0 Å². The van der Waals surface area contributed by atoms with E-state index in [0.29, 0.717) is 28.9 Å². The van der Waals surface area contributed by atoms with Gasteiger partial charge in [-0.25, -0.2) is 4.68 Å². The number of halogens is 1. The molecule has 0 bridgehead atoms. The summed E-state index contributed by atoms with van der Waals surface area (Å²) in [5, 5.41) is 8.08. The summed E-state index contributed by atoms with van der Waals surface area (Å²) in [4.78, 5) is 15.1. The summed E-state index contributed by atoms with van der Waals surface area (Å²) in [6.45, 7) is 1.83. The monoisotopic (exact) mass is 324 g/mol. The van der Waals surface area contributed by atoms with Crippen LogP contribution in [0.25, 0.3) is 0 Å². The Bertz CT molecular complexity index is 685. The highest BCUT2D eigenvalue weighted by molar-refractivity contribution is 7.17. The first-order valence-corrected chi connectivity index (χ1v) is 7.97. The van der Waals surface area contributed by atoms with Gasteiger partial charge in [0.05, 0.1) is 39.9 Å². The predicted octanol–water partition coefficient (Wildman–Crippen LogP) is 1.98. The number of aromatic nitrogens is 3. The van der Waals surface area contributed by atoms with Crippen molar-refractivity contribution in [1.29, 1.82) is 0 Å². The molecule has 2 aliphatic heterocycles. The third kappa shape index (κ3) is 2.25. The lowest BCUT2D eigenvalue weighted by atomic mass is 10.0. The molecular weight excluding hydrogens is 312 g/mol. The van der Waals surface area contributed by atoms with Crippen LogP contribution in [0.3, 0.4) is 0 Å². The second kappa shape index (κ2) is 5.08. The minimum atomic E-state index is 0.0255. The van der Waals surface area contributed by atoms with E-state index in [2.05, 4.69) is 10.3 Å². The third-order valence-corrected chi connectivity index (χ3v) is 5.22. The number of carbonyl (C=O) groups is 1. The summed E-state index contributed by atoms with van der Waals surface area (Å²) in [5.41, 5.74) is 0.963. The zero-order valence-corrected chi connectivity index (χ0v) is 12.7. The quantitative estimate of drug-likeness (QED) is 0.804. The first-order valence-electron chi connectivity index (χ1n) is 6.77. The normalized spacial score (nSPS) is 24.5. The van der Waals surface area contributed by atoms with Crippen molar-refractivity contribution < 1.29 is 9.53 Å². The van der Waals surface area contributed by atoms with Gasteiger partial charge in [0.1, 0.15) is 0 Å². The number of hydrogen-bond acceptors (Lipinski definition) is 5. The minimum absolute atomic E-state index is 0.0255. The van der Waals surface area contributed by atoms with Crippen LogP contribution in [0.15, 0.2) is 18.3 Å². The predicted molar refractivity (Wildman–Crippen MR) is 77.5 cm³/mol. The highest BCUT2D eigenvalue weighted by Crippen LogP contribution is 2.31. The van der Waals surface area contributed by atoms with Crippen molar-refractivity contribution in [2.75, 3.05) is 13.1 Å². The van der Waals surface area contributed by atoms with E-state index < -0.39 is 0 Å². The topological polar surface area (TPSA) is 60.3 Å². The summed E-state index contributed by atoms with van der Waals surface area (Å²) in [6.07, 6.45) is 2.64. The van der Waals surface area contributed by atoms with Gasteiger partial charge in [-0.2, -0.15) is 0 Å². The number of likely N-dealkylation sites (tertiary alicyclic amines) is 1. The molecule has 2 aromatic rings.